The maximum atomic E-state index is 12.7. The van der Waals surface area contributed by atoms with Crippen LogP contribution in [0.2, 0.25) is 0 Å². The van der Waals surface area contributed by atoms with Crippen LogP contribution < -0.4 is 5.32 Å². The van der Waals surface area contributed by atoms with Gasteiger partial charge in [-0.1, -0.05) is 0 Å². The number of aromatic nitrogens is 5. The lowest BCUT2D eigenvalue weighted by atomic mass is 10.2. The minimum Gasteiger partial charge on any atom is -0.310 e. The Morgan fingerprint density at radius 2 is 2.21 bits per heavy atom. The van der Waals surface area contributed by atoms with E-state index >= 15 is 0 Å². The second kappa shape index (κ2) is 7.12. The van der Waals surface area contributed by atoms with Crippen molar-refractivity contribution in [2.45, 2.75) is 58.3 Å². The molecule has 0 radical (unpaired) electrons. The standard InChI is InChI=1S/C16H25N7O/c1-12(2)23-15(6-7-18-23)20-16(24)13(3)22-8-4-5-14(22)9-21-11-17-10-19-21/h6-7,10-14H,4-5,8-9H2,1-3H3,(H,20,24)/t13-,14-/m0/s1. The highest BCUT2D eigenvalue weighted by atomic mass is 16.2. The van der Waals surface area contributed by atoms with E-state index in [0.717, 1.165) is 31.7 Å². The summed E-state index contributed by atoms with van der Waals surface area (Å²) in [5.41, 5.74) is 0. The molecule has 1 aliphatic rings. The van der Waals surface area contributed by atoms with E-state index in [-0.39, 0.29) is 18.0 Å². The van der Waals surface area contributed by atoms with Crippen LogP contribution in [0, 0.1) is 0 Å². The molecule has 1 N–H and O–H groups in total. The van der Waals surface area contributed by atoms with Crippen LogP contribution in [0.3, 0.4) is 0 Å². The topological polar surface area (TPSA) is 80.9 Å². The first-order valence-corrected chi connectivity index (χ1v) is 8.49. The molecule has 2 atom stereocenters. The Labute approximate surface area is 141 Å². The summed E-state index contributed by atoms with van der Waals surface area (Å²) in [5, 5.41) is 11.5. The van der Waals surface area contributed by atoms with E-state index in [1.54, 1.807) is 18.9 Å². The average molecular weight is 331 g/mol. The van der Waals surface area contributed by atoms with Gasteiger partial charge in [-0.2, -0.15) is 10.2 Å². The molecule has 8 nitrogen and oxygen atoms in total. The lowest BCUT2D eigenvalue weighted by Gasteiger charge is -2.29. The van der Waals surface area contributed by atoms with Gasteiger partial charge in [0.15, 0.2) is 0 Å². The van der Waals surface area contributed by atoms with E-state index in [9.17, 15) is 4.79 Å². The molecule has 2 aromatic rings. The molecular weight excluding hydrogens is 306 g/mol. The molecule has 1 aliphatic heterocycles. The number of carbonyl (C=O) groups excluding carboxylic acids is 1. The first-order valence-electron chi connectivity index (χ1n) is 8.49. The van der Waals surface area contributed by atoms with Gasteiger partial charge in [-0.05, 0) is 40.2 Å². The molecule has 0 saturated carbocycles. The quantitative estimate of drug-likeness (QED) is 0.868. The first kappa shape index (κ1) is 16.6. The first-order chi connectivity index (χ1) is 11.6. The third kappa shape index (κ3) is 3.48. The lowest BCUT2D eigenvalue weighted by Crippen LogP contribution is -2.46. The van der Waals surface area contributed by atoms with E-state index in [1.165, 1.54) is 0 Å². The largest absolute Gasteiger partial charge is 0.310 e. The number of nitrogens with one attached hydrogen (secondary N) is 1. The van der Waals surface area contributed by atoms with Crippen molar-refractivity contribution in [1.29, 1.82) is 0 Å². The number of anilines is 1. The van der Waals surface area contributed by atoms with E-state index in [2.05, 4.69) is 25.4 Å². The summed E-state index contributed by atoms with van der Waals surface area (Å²) in [6.07, 6.45) is 7.15. The number of rotatable bonds is 6. The van der Waals surface area contributed by atoms with Gasteiger partial charge >= 0.3 is 0 Å². The van der Waals surface area contributed by atoms with Gasteiger partial charge in [0, 0.05) is 18.2 Å². The number of amides is 1. The van der Waals surface area contributed by atoms with Gasteiger partial charge in [-0.15, -0.1) is 0 Å². The van der Waals surface area contributed by atoms with Crippen molar-refractivity contribution in [3.63, 3.8) is 0 Å². The molecule has 130 valence electrons. The molecule has 1 amide bonds. The molecule has 3 heterocycles. The Balaban J connectivity index is 1.65. The summed E-state index contributed by atoms with van der Waals surface area (Å²) in [6, 6.07) is 2.15. The molecule has 24 heavy (non-hydrogen) atoms. The van der Waals surface area contributed by atoms with Crippen LogP contribution in [0.5, 0.6) is 0 Å². The van der Waals surface area contributed by atoms with Gasteiger partial charge in [0.1, 0.15) is 18.5 Å². The summed E-state index contributed by atoms with van der Waals surface area (Å²) in [5.74, 6) is 0.747. The maximum absolute atomic E-state index is 12.7. The second-order valence-electron chi connectivity index (χ2n) is 6.57. The van der Waals surface area contributed by atoms with Crippen LogP contribution in [0.4, 0.5) is 5.82 Å². The Kier molecular flexibility index (Phi) is 4.94. The molecule has 1 saturated heterocycles. The molecular formula is C16H25N7O. The second-order valence-corrected chi connectivity index (χ2v) is 6.57. The summed E-state index contributed by atoms with van der Waals surface area (Å²) < 4.78 is 3.66. The van der Waals surface area contributed by atoms with E-state index < -0.39 is 0 Å². The fourth-order valence-corrected chi connectivity index (χ4v) is 3.31. The van der Waals surface area contributed by atoms with Crippen LogP contribution in [0.25, 0.3) is 0 Å². The zero-order chi connectivity index (χ0) is 17.1. The number of nitrogens with zero attached hydrogens (tertiary/aromatic N) is 6. The highest BCUT2D eigenvalue weighted by molar-refractivity contribution is 5.93. The number of likely N-dealkylation sites (tertiary alicyclic amines) is 1. The minimum atomic E-state index is -0.198. The Morgan fingerprint density at radius 1 is 1.38 bits per heavy atom. The van der Waals surface area contributed by atoms with Gasteiger partial charge < -0.3 is 5.32 Å². The van der Waals surface area contributed by atoms with Crippen molar-refractivity contribution in [2.24, 2.45) is 0 Å². The van der Waals surface area contributed by atoms with Gasteiger partial charge in [0.25, 0.3) is 0 Å². The Morgan fingerprint density at radius 3 is 2.92 bits per heavy atom. The normalized spacial score (nSPS) is 19.8. The molecule has 2 aromatic heterocycles. The molecule has 0 aromatic carbocycles. The van der Waals surface area contributed by atoms with E-state index in [4.69, 9.17) is 0 Å². The zero-order valence-corrected chi connectivity index (χ0v) is 14.5. The Hall–Kier alpha value is -2.22. The lowest BCUT2D eigenvalue weighted by molar-refractivity contribution is -0.121. The summed E-state index contributed by atoms with van der Waals surface area (Å²) in [6.45, 7) is 7.74. The van der Waals surface area contributed by atoms with Crippen molar-refractivity contribution in [3.05, 3.63) is 24.9 Å². The van der Waals surface area contributed by atoms with Gasteiger partial charge in [-0.3, -0.25) is 14.4 Å². The van der Waals surface area contributed by atoms with Gasteiger partial charge in [0.05, 0.1) is 18.8 Å². The SMILES string of the molecule is CC(C)n1nccc1NC(=O)[C@H](C)N1CCC[C@H]1Cn1cncn1. The van der Waals surface area contributed by atoms with Crippen LogP contribution in [0.15, 0.2) is 24.9 Å². The monoisotopic (exact) mass is 331 g/mol. The highest BCUT2D eigenvalue weighted by Crippen LogP contribution is 2.22. The van der Waals surface area contributed by atoms with Gasteiger partial charge in [-0.25, -0.2) is 9.67 Å². The molecule has 1 fully saturated rings. The highest BCUT2D eigenvalue weighted by Gasteiger charge is 2.32. The minimum absolute atomic E-state index is 0.00268. The van der Waals surface area contributed by atoms with Crippen molar-refractivity contribution < 1.29 is 4.79 Å². The zero-order valence-electron chi connectivity index (χ0n) is 14.5. The van der Waals surface area contributed by atoms with Crippen molar-refractivity contribution >= 4 is 11.7 Å². The third-order valence-corrected chi connectivity index (χ3v) is 4.57. The molecule has 3 rings (SSSR count). The summed E-state index contributed by atoms with van der Waals surface area (Å²) in [7, 11) is 0. The molecule has 0 unspecified atom stereocenters. The molecule has 0 aliphatic carbocycles. The van der Waals surface area contributed by atoms with E-state index in [1.807, 2.05) is 36.2 Å². The predicted octanol–water partition coefficient (Wildman–Crippen LogP) is 1.55. The molecule has 0 bridgehead atoms. The summed E-state index contributed by atoms with van der Waals surface area (Å²) in [4.78, 5) is 18.9. The van der Waals surface area contributed by atoms with Crippen LogP contribution in [0.1, 0.15) is 39.7 Å². The van der Waals surface area contributed by atoms with Crippen LogP contribution in [-0.2, 0) is 11.3 Å². The van der Waals surface area contributed by atoms with Crippen molar-refractivity contribution in [2.75, 3.05) is 11.9 Å². The number of hydrogen-bond donors (Lipinski definition) is 1. The predicted molar refractivity (Wildman–Crippen MR) is 90.5 cm³/mol. The maximum Gasteiger partial charge on any atom is 0.242 e. The Bertz CT molecular complexity index is 664. The average Bonchev–Trinajstić information content (AvgIpc) is 3.28. The number of hydrogen-bond acceptors (Lipinski definition) is 5. The van der Waals surface area contributed by atoms with Crippen LogP contribution in [-0.4, -0.2) is 54.0 Å². The number of carbonyl (C=O) groups is 1. The molecule has 0 spiro atoms. The fourth-order valence-electron chi connectivity index (χ4n) is 3.31. The fraction of sp³-hybridized carbons (Fsp3) is 0.625. The van der Waals surface area contributed by atoms with Crippen molar-refractivity contribution in [1.82, 2.24) is 29.4 Å². The van der Waals surface area contributed by atoms with Crippen LogP contribution >= 0.6 is 0 Å². The third-order valence-electron chi connectivity index (χ3n) is 4.57. The smallest absolute Gasteiger partial charge is 0.242 e. The van der Waals surface area contributed by atoms with Gasteiger partial charge in [0.2, 0.25) is 5.91 Å². The van der Waals surface area contributed by atoms with E-state index in [0.29, 0.717) is 6.04 Å². The van der Waals surface area contributed by atoms with Crippen molar-refractivity contribution in [3.8, 4) is 0 Å². The molecule has 8 heteroatoms. The summed E-state index contributed by atoms with van der Waals surface area (Å²) >= 11 is 0.